The minimum Gasteiger partial charge on any atom is -0.497 e. The van der Waals surface area contributed by atoms with Crippen LogP contribution in [0.25, 0.3) is 0 Å². The third-order valence-electron chi connectivity index (χ3n) is 3.36. The summed E-state index contributed by atoms with van der Waals surface area (Å²) in [4.78, 5) is 0. The lowest BCUT2D eigenvalue weighted by Crippen LogP contribution is -2.20. The maximum Gasteiger partial charge on any atom is 0.118 e. The van der Waals surface area contributed by atoms with E-state index < -0.39 is 7.92 Å². The van der Waals surface area contributed by atoms with E-state index in [1.54, 1.807) is 7.11 Å². The van der Waals surface area contributed by atoms with Crippen LogP contribution in [0.5, 0.6) is 5.75 Å². The summed E-state index contributed by atoms with van der Waals surface area (Å²) in [6.07, 6.45) is 0. The van der Waals surface area contributed by atoms with Crippen molar-refractivity contribution in [3.8, 4) is 5.75 Å². The molecule has 0 aliphatic heterocycles. The Labute approximate surface area is 127 Å². The van der Waals surface area contributed by atoms with Crippen molar-refractivity contribution in [3.05, 3.63) is 84.9 Å². The van der Waals surface area contributed by atoms with Crippen LogP contribution in [-0.2, 0) is 0 Å². The van der Waals surface area contributed by atoms with E-state index in [2.05, 4.69) is 72.8 Å². The van der Waals surface area contributed by atoms with Crippen molar-refractivity contribution < 1.29 is 4.74 Å². The maximum absolute atomic E-state index is 5.27. The van der Waals surface area contributed by atoms with Gasteiger partial charge in [0, 0.05) is 0 Å². The molecule has 0 saturated heterocycles. The summed E-state index contributed by atoms with van der Waals surface area (Å²) in [5.41, 5.74) is 0. The molecule has 0 aromatic heterocycles. The number of methoxy groups -OCH3 is 1. The fraction of sp³-hybridized carbons (Fsp3) is 0.0526. The molecule has 0 saturated carbocycles. The van der Waals surface area contributed by atoms with Gasteiger partial charge in [0.25, 0.3) is 0 Å². The Hall–Kier alpha value is -2.11. The van der Waals surface area contributed by atoms with Crippen LogP contribution in [0.1, 0.15) is 0 Å². The van der Waals surface area contributed by atoms with Crippen molar-refractivity contribution in [2.75, 3.05) is 7.11 Å². The molecule has 0 amide bonds. The van der Waals surface area contributed by atoms with Gasteiger partial charge < -0.3 is 4.74 Å². The first-order chi connectivity index (χ1) is 10.4. The molecule has 0 bridgehead atoms. The third kappa shape index (κ3) is 3.15. The zero-order valence-corrected chi connectivity index (χ0v) is 12.8. The Bertz CT molecular complexity index is 638. The van der Waals surface area contributed by atoms with Gasteiger partial charge in [0.1, 0.15) is 5.75 Å². The lowest BCUT2D eigenvalue weighted by atomic mass is 10.3. The van der Waals surface area contributed by atoms with Gasteiger partial charge in [-0.2, -0.15) is 0 Å². The maximum atomic E-state index is 5.27. The molecule has 1 nitrogen and oxygen atoms in total. The van der Waals surface area contributed by atoms with Gasteiger partial charge in [-0.25, -0.2) is 0 Å². The summed E-state index contributed by atoms with van der Waals surface area (Å²) in [5.74, 6) is 0.898. The molecule has 0 N–H and O–H groups in total. The zero-order valence-electron chi connectivity index (χ0n) is 11.9. The van der Waals surface area contributed by atoms with Gasteiger partial charge in [0.15, 0.2) is 0 Å². The Morgan fingerprint density at radius 2 is 1.00 bits per heavy atom. The molecule has 0 aliphatic rings. The Morgan fingerprint density at radius 3 is 1.43 bits per heavy atom. The summed E-state index contributed by atoms with van der Waals surface area (Å²) in [6.45, 7) is 0. The average molecular weight is 292 g/mol. The van der Waals surface area contributed by atoms with Crippen molar-refractivity contribution in [1.82, 2.24) is 0 Å². The number of benzene rings is 3. The van der Waals surface area contributed by atoms with Crippen LogP contribution >= 0.6 is 7.92 Å². The molecule has 21 heavy (non-hydrogen) atoms. The molecule has 2 heteroatoms. The molecule has 0 heterocycles. The second-order valence-corrected chi connectivity index (χ2v) is 6.92. The molecule has 0 atom stereocenters. The SMILES string of the molecule is COc1ccc(P(c2ccccc2)c2ccccc2)cc1. The van der Waals surface area contributed by atoms with Gasteiger partial charge in [-0.1, -0.05) is 72.8 Å². The van der Waals surface area contributed by atoms with Gasteiger partial charge in [-0.15, -0.1) is 0 Å². The number of hydrogen-bond donors (Lipinski definition) is 0. The predicted octanol–water partition coefficient (Wildman–Crippen LogP) is 3.45. The fourth-order valence-electron chi connectivity index (χ4n) is 2.33. The topological polar surface area (TPSA) is 9.23 Å². The minimum atomic E-state index is -0.519. The van der Waals surface area contributed by atoms with E-state index in [-0.39, 0.29) is 0 Å². The normalized spacial score (nSPS) is 10.6. The van der Waals surface area contributed by atoms with Crippen molar-refractivity contribution in [2.45, 2.75) is 0 Å². The molecule has 3 aromatic rings. The molecule has 0 unspecified atom stereocenters. The first-order valence-electron chi connectivity index (χ1n) is 6.93. The highest BCUT2D eigenvalue weighted by molar-refractivity contribution is 7.79. The molecular weight excluding hydrogens is 275 g/mol. The highest BCUT2D eigenvalue weighted by Crippen LogP contribution is 2.32. The molecular formula is C19H17OP. The Morgan fingerprint density at radius 1 is 0.571 bits per heavy atom. The molecule has 0 fully saturated rings. The lowest BCUT2D eigenvalue weighted by Gasteiger charge is -2.19. The fourth-order valence-corrected chi connectivity index (χ4v) is 4.61. The summed E-state index contributed by atoms with van der Waals surface area (Å²) in [5, 5.41) is 4.07. The van der Waals surface area contributed by atoms with Gasteiger partial charge in [-0.3, -0.25) is 0 Å². The summed E-state index contributed by atoms with van der Waals surface area (Å²) in [7, 11) is 1.18. The standard InChI is InChI=1S/C19H17OP/c1-20-16-12-14-19(15-13-16)21(17-8-4-2-5-9-17)18-10-6-3-7-11-18/h2-15H,1H3. The van der Waals surface area contributed by atoms with E-state index in [1.165, 1.54) is 15.9 Å². The van der Waals surface area contributed by atoms with Crippen molar-refractivity contribution in [1.29, 1.82) is 0 Å². The monoisotopic (exact) mass is 292 g/mol. The van der Waals surface area contributed by atoms with Crippen LogP contribution in [0.3, 0.4) is 0 Å². The van der Waals surface area contributed by atoms with Gasteiger partial charge >= 0.3 is 0 Å². The van der Waals surface area contributed by atoms with Crippen LogP contribution < -0.4 is 20.7 Å². The molecule has 0 radical (unpaired) electrons. The second kappa shape index (κ2) is 6.56. The van der Waals surface area contributed by atoms with Crippen molar-refractivity contribution in [3.63, 3.8) is 0 Å². The largest absolute Gasteiger partial charge is 0.497 e. The van der Waals surface area contributed by atoms with Crippen molar-refractivity contribution >= 4 is 23.8 Å². The summed E-state index contributed by atoms with van der Waals surface area (Å²) < 4.78 is 5.27. The van der Waals surface area contributed by atoms with Crippen molar-refractivity contribution in [2.24, 2.45) is 0 Å². The van der Waals surface area contributed by atoms with E-state index in [4.69, 9.17) is 4.74 Å². The van der Waals surface area contributed by atoms with Crippen LogP contribution in [-0.4, -0.2) is 7.11 Å². The molecule has 3 aromatic carbocycles. The molecule has 0 spiro atoms. The van der Waals surface area contributed by atoms with Gasteiger partial charge in [0.2, 0.25) is 0 Å². The van der Waals surface area contributed by atoms with Crippen LogP contribution in [0.4, 0.5) is 0 Å². The van der Waals surface area contributed by atoms with Crippen LogP contribution in [0.2, 0.25) is 0 Å². The Kier molecular flexibility index (Phi) is 4.33. The van der Waals surface area contributed by atoms with Gasteiger partial charge in [-0.05, 0) is 36.0 Å². The summed E-state index contributed by atoms with van der Waals surface area (Å²) in [6, 6.07) is 29.8. The molecule has 0 aliphatic carbocycles. The number of ether oxygens (including phenoxy) is 1. The second-order valence-electron chi connectivity index (χ2n) is 4.70. The smallest absolute Gasteiger partial charge is 0.118 e. The molecule has 3 rings (SSSR count). The number of hydrogen-bond acceptors (Lipinski definition) is 1. The lowest BCUT2D eigenvalue weighted by molar-refractivity contribution is 0.415. The van der Waals surface area contributed by atoms with E-state index in [9.17, 15) is 0 Å². The van der Waals surface area contributed by atoms with E-state index in [0.717, 1.165) is 5.75 Å². The predicted molar refractivity (Wildman–Crippen MR) is 91.7 cm³/mol. The first-order valence-corrected chi connectivity index (χ1v) is 8.27. The number of rotatable bonds is 4. The van der Waals surface area contributed by atoms with E-state index >= 15 is 0 Å². The highest BCUT2D eigenvalue weighted by Gasteiger charge is 2.15. The molecule has 104 valence electrons. The zero-order chi connectivity index (χ0) is 14.5. The average Bonchev–Trinajstić information content (AvgIpc) is 2.58. The first kappa shape index (κ1) is 13.9. The quantitative estimate of drug-likeness (QED) is 0.669. The van der Waals surface area contributed by atoms with E-state index in [1.807, 2.05) is 12.1 Å². The third-order valence-corrected chi connectivity index (χ3v) is 5.80. The summed E-state index contributed by atoms with van der Waals surface area (Å²) >= 11 is 0. The minimum absolute atomic E-state index is 0.519. The van der Waals surface area contributed by atoms with E-state index in [0.29, 0.717) is 0 Å². The highest BCUT2D eigenvalue weighted by atomic mass is 31.1. The van der Waals surface area contributed by atoms with Gasteiger partial charge in [0.05, 0.1) is 7.11 Å². The van der Waals surface area contributed by atoms with Crippen LogP contribution in [0.15, 0.2) is 84.9 Å². The van der Waals surface area contributed by atoms with Crippen LogP contribution in [0, 0.1) is 0 Å². The Balaban J connectivity index is 2.07.